The average Bonchev–Trinajstić information content (AvgIpc) is 2.79. The Kier molecular flexibility index (Phi) is 28.9. The number of hydrogen-bond donors (Lipinski definition) is 13. The molecule has 0 radical (unpaired) electrons. The van der Waals surface area contributed by atoms with Gasteiger partial charge in [-0.3, -0.25) is 24.0 Å². The second-order valence-electron chi connectivity index (χ2n) is 6.23. The molecule has 0 aromatic rings. The molecule has 0 heterocycles. The first-order valence-electron chi connectivity index (χ1n) is 9.62. The molecular formula is C18H28O22. The van der Waals surface area contributed by atoms with Gasteiger partial charge in [0.1, 0.15) is 0 Å². The first-order chi connectivity index (χ1) is 17.9. The highest BCUT2D eigenvalue weighted by Gasteiger charge is 2.30. The van der Waals surface area contributed by atoms with Gasteiger partial charge in [0, 0.05) is 6.92 Å². The molecular weight excluding hydrogens is 568 g/mol. The van der Waals surface area contributed by atoms with Gasteiger partial charge in [0.2, 0.25) is 0 Å². The Morgan fingerprint density at radius 2 is 0.475 bits per heavy atom. The van der Waals surface area contributed by atoms with Crippen LogP contribution in [0.15, 0.2) is 0 Å². The third-order valence-corrected chi connectivity index (χ3v) is 2.72. The molecule has 4 unspecified atom stereocenters. The largest absolute Gasteiger partial charge is 0.481 e. The molecule has 0 aliphatic heterocycles. The quantitative estimate of drug-likeness (QED) is 0.101. The zero-order valence-electron chi connectivity index (χ0n) is 20.1. The summed E-state index contributed by atoms with van der Waals surface area (Å²) in [5.41, 5.74) is 0. The van der Waals surface area contributed by atoms with Gasteiger partial charge in [-0.15, -0.1) is 0 Å². The Morgan fingerprint density at radius 1 is 0.375 bits per heavy atom. The Balaban J connectivity index is -0.000000131. The van der Waals surface area contributed by atoms with Gasteiger partial charge in [-0.25, -0.2) is 19.2 Å². The highest BCUT2D eigenvalue weighted by atomic mass is 16.4. The number of carboxylic acid groups (broad SMARTS) is 9. The van der Waals surface area contributed by atoms with Crippen LogP contribution in [-0.4, -0.2) is 145 Å². The molecule has 0 spiro atoms. The summed E-state index contributed by atoms with van der Waals surface area (Å²) in [4.78, 5) is 86.6. The van der Waals surface area contributed by atoms with Gasteiger partial charge in [0.05, 0.1) is 25.7 Å². The van der Waals surface area contributed by atoms with E-state index in [-0.39, 0.29) is 25.7 Å². The average molecular weight is 596 g/mol. The zero-order valence-corrected chi connectivity index (χ0v) is 20.1. The van der Waals surface area contributed by atoms with Crippen molar-refractivity contribution < 1.29 is 110 Å². The predicted molar refractivity (Wildman–Crippen MR) is 117 cm³/mol. The van der Waals surface area contributed by atoms with Crippen molar-refractivity contribution in [2.45, 2.75) is 57.0 Å². The zero-order chi connectivity index (χ0) is 33.3. The van der Waals surface area contributed by atoms with Crippen molar-refractivity contribution in [1.29, 1.82) is 0 Å². The summed E-state index contributed by atoms with van der Waals surface area (Å²) in [5, 5.41) is 104. The first-order valence-corrected chi connectivity index (χ1v) is 9.62. The maximum Gasteiger partial charge on any atom is 0.335 e. The number of rotatable bonds is 12. The van der Waals surface area contributed by atoms with Crippen LogP contribution in [0.5, 0.6) is 0 Å². The lowest BCUT2D eigenvalue weighted by Gasteiger charge is -2.07. The summed E-state index contributed by atoms with van der Waals surface area (Å²) in [6.45, 7) is 1.08. The summed E-state index contributed by atoms with van der Waals surface area (Å²) >= 11 is 0. The van der Waals surface area contributed by atoms with Gasteiger partial charge in [-0.1, -0.05) is 0 Å². The number of aliphatic hydroxyl groups excluding tert-OH is 4. The SMILES string of the molecule is CC(=O)O.O=C(O)C(O)C(O)C(=O)O.O=C(O)C(O)C(O)C(=O)O.O=C(O)CCC(=O)O.O=C(O)CCC(=O)O. The molecule has 40 heavy (non-hydrogen) atoms. The molecule has 0 fully saturated rings. The van der Waals surface area contributed by atoms with Crippen LogP contribution in [0.3, 0.4) is 0 Å². The minimum Gasteiger partial charge on any atom is -0.481 e. The maximum atomic E-state index is 9.77. The first kappa shape index (κ1) is 45.0. The molecule has 13 N–H and O–H groups in total. The second-order valence-corrected chi connectivity index (χ2v) is 6.23. The molecule has 0 rings (SSSR count). The Hall–Kier alpha value is -4.93. The molecule has 0 saturated heterocycles. The summed E-state index contributed by atoms with van der Waals surface area (Å²) in [6, 6.07) is 0. The van der Waals surface area contributed by atoms with Crippen LogP contribution in [-0.2, 0) is 43.2 Å². The van der Waals surface area contributed by atoms with Crippen LogP contribution in [0.2, 0.25) is 0 Å². The summed E-state index contributed by atoms with van der Waals surface area (Å²) < 4.78 is 0. The highest BCUT2D eigenvalue weighted by Crippen LogP contribution is 1.93. The van der Waals surface area contributed by atoms with E-state index in [1.165, 1.54) is 0 Å². The molecule has 0 aliphatic rings. The van der Waals surface area contributed by atoms with E-state index in [9.17, 15) is 38.4 Å². The number of carboxylic acids is 9. The molecule has 22 heteroatoms. The molecule has 4 atom stereocenters. The molecule has 0 bridgehead atoms. The van der Waals surface area contributed by atoms with Gasteiger partial charge >= 0.3 is 47.8 Å². The Bertz CT molecular complexity index is 730. The van der Waals surface area contributed by atoms with E-state index in [0.717, 1.165) is 6.92 Å². The fourth-order valence-corrected chi connectivity index (χ4v) is 0.968. The monoisotopic (exact) mass is 596 g/mol. The molecule has 0 aromatic heterocycles. The van der Waals surface area contributed by atoms with Gasteiger partial charge < -0.3 is 66.4 Å². The molecule has 0 amide bonds. The predicted octanol–water partition coefficient (Wildman–Crippen LogP) is -4.28. The molecule has 232 valence electrons. The van der Waals surface area contributed by atoms with Gasteiger partial charge in [0.15, 0.2) is 24.4 Å². The Labute approximate surface area is 221 Å². The lowest BCUT2D eigenvalue weighted by Crippen LogP contribution is -2.39. The van der Waals surface area contributed by atoms with Crippen LogP contribution in [0.4, 0.5) is 0 Å². The third kappa shape index (κ3) is 40.2. The summed E-state index contributed by atoms with van der Waals surface area (Å²) in [5.74, 6) is -12.2. The van der Waals surface area contributed by atoms with E-state index >= 15 is 0 Å². The maximum absolute atomic E-state index is 9.77. The van der Waals surface area contributed by atoms with Crippen molar-refractivity contribution >= 4 is 53.7 Å². The van der Waals surface area contributed by atoms with Crippen molar-refractivity contribution in [3.8, 4) is 0 Å². The molecule has 22 nitrogen and oxygen atoms in total. The van der Waals surface area contributed by atoms with Gasteiger partial charge in [0.25, 0.3) is 5.97 Å². The van der Waals surface area contributed by atoms with E-state index in [4.69, 9.17) is 71.2 Å². The van der Waals surface area contributed by atoms with Crippen molar-refractivity contribution in [2.75, 3.05) is 0 Å². The number of aliphatic carboxylic acids is 9. The summed E-state index contributed by atoms with van der Waals surface area (Å²) in [7, 11) is 0. The molecule has 0 aromatic carbocycles. The van der Waals surface area contributed by atoms with E-state index in [1.54, 1.807) is 0 Å². The normalized spacial score (nSPS) is 11.9. The van der Waals surface area contributed by atoms with Crippen LogP contribution in [0.1, 0.15) is 32.6 Å². The van der Waals surface area contributed by atoms with E-state index in [0.29, 0.717) is 0 Å². The lowest BCUT2D eigenvalue weighted by atomic mass is 10.2. The summed E-state index contributed by atoms with van der Waals surface area (Å²) in [6.07, 6.45) is -10.2. The van der Waals surface area contributed by atoms with Crippen LogP contribution >= 0.6 is 0 Å². The second kappa shape index (κ2) is 25.7. The third-order valence-electron chi connectivity index (χ3n) is 2.72. The van der Waals surface area contributed by atoms with E-state index in [1.807, 2.05) is 0 Å². The number of hydrogen-bond acceptors (Lipinski definition) is 13. The fourth-order valence-electron chi connectivity index (χ4n) is 0.968. The molecule has 0 saturated carbocycles. The number of aliphatic hydroxyl groups is 4. The lowest BCUT2D eigenvalue weighted by molar-refractivity contribution is -0.165. The van der Waals surface area contributed by atoms with Crippen molar-refractivity contribution in [3.05, 3.63) is 0 Å². The standard InChI is InChI=1S/2C4H6O6.2C4H6O4.C2H4O2/c2*5-1(3(7)8)2(6)4(9)10;2*5-3(6)1-2-4(7)8;1-2(3)4/h2*1-2,5-6H,(H,7,8)(H,9,10);2*1-2H2,(H,5,6)(H,7,8);1H3,(H,3,4). The van der Waals surface area contributed by atoms with E-state index < -0.39 is 78.1 Å². The van der Waals surface area contributed by atoms with Crippen LogP contribution in [0.25, 0.3) is 0 Å². The van der Waals surface area contributed by atoms with Crippen LogP contribution < -0.4 is 0 Å². The van der Waals surface area contributed by atoms with Crippen molar-refractivity contribution in [3.63, 3.8) is 0 Å². The van der Waals surface area contributed by atoms with Gasteiger partial charge in [-0.05, 0) is 0 Å². The fraction of sp³-hybridized carbons (Fsp3) is 0.500. The van der Waals surface area contributed by atoms with Crippen molar-refractivity contribution in [2.24, 2.45) is 0 Å². The van der Waals surface area contributed by atoms with E-state index in [2.05, 4.69) is 0 Å². The van der Waals surface area contributed by atoms with Gasteiger partial charge in [-0.2, -0.15) is 0 Å². The smallest absolute Gasteiger partial charge is 0.335 e. The highest BCUT2D eigenvalue weighted by molar-refractivity contribution is 5.83. The minimum atomic E-state index is -2.27. The van der Waals surface area contributed by atoms with Crippen molar-refractivity contribution in [1.82, 2.24) is 0 Å². The minimum absolute atomic E-state index is 0.296. The molecule has 0 aliphatic carbocycles. The topological polar surface area (TPSA) is 417 Å². The Morgan fingerprint density at radius 3 is 0.525 bits per heavy atom. The van der Waals surface area contributed by atoms with Crippen LogP contribution in [0, 0.1) is 0 Å². The number of carbonyl (C=O) groups is 9.